The van der Waals surface area contributed by atoms with E-state index in [0.717, 1.165) is 5.76 Å². The fourth-order valence-electron chi connectivity index (χ4n) is 5.64. The van der Waals surface area contributed by atoms with Gasteiger partial charge in [-0.2, -0.15) is 0 Å². The zero-order valence-corrected chi connectivity index (χ0v) is 20.7. The zero-order valence-electron chi connectivity index (χ0n) is 19.7. The van der Waals surface area contributed by atoms with Crippen molar-refractivity contribution in [2.24, 2.45) is 11.8 Å². The molecule has 0 N–H and O–H groups in total. The molecule has 4 nitrogen and oxygen atoms in total. The van der Waals surface area contributed by atoms with Crippen molar-refractivity contribution in [3.63, 3.8) is 0 Å². The van der Waals surface area contributed by atoms with Crippen LogP contribution in [0.1, 0.15) is 33.6 Å². The van der Waals surface area contributed by atoms with E-state index in [0.29, 0.717) is 12.8 Å². The Bertz CT molecular complexity index is 925. The van der Waals surface area contributed by atoms with Crippen molar-refractivity contribution in [3.05, 3.63) is 72.5 Å². The van der Waals surface area contributed by atoms with Crippen LogP contribution >= 0.6 is 0 Å². The highest BCUT2D eigenvalue weighted by molar-refractivity contribution is 6.99. The van der Waals surface area contributed by atoms with Gasteiger partial charge in [0.05, 0.1) is 31.0 Å². The number of carbonyl (C=O) groups is 1. The van der Waals surface area contributed by atoms with Gasteiger partial charge in [-0.25, -0.2) is 0 Å². The maximum absolute atomic E-state index is 13.2. The Morgan fingerprint density at radius 3 is 1.91 bits per heavy atom. The highest BCUT2D eigenvalue weighted by Crippen LogP contribution is 2.46. The molecule has 2 aromatic carbocycles. The molecule has 0 spiro atoms. The molecule has 0 saturated heterocycles. The minimum atomic E-state index is -2.74. The quantitative estimate of drug-likeness (QED) is 0.622. The highest BCUT2D eigenvalue weighted by atomic mass is 28.4. The molecule has 4 rings (SSSR count). The van der Waals surface area contributed by atoms with E-state index < -0.39 is 8.32 Å². The highest BCUT2D eigenvalue weighted by Gasteiger charge is 2.56. The number of carbonyl (C=O) groups excluding carboxylic acids is 1. The second-order valence-electron chi connectivity index (χ2n) is 9.92. The molecule has 4 atom stereocenters. The van der Waals surface area contributed by atoms with E-state index in [4.69, 9.17) is 13.9 Å². The first kappa shape index (κ1) is 23.0. The van der Waals surface area contributed by atoms with Gasteiger partial charge in [0, 0.05) is 25.9 Å². The van der Waals surface area contributed by atoms with Crippen molar-refractivity contribution in [1.29, 1.82) is 0 Å². The van der Waals surface area contributed by atoms with Gasteiger partial charge < -0.3 is 13.9 Å². The normalized spacial score (nSPS) is 25.9. The smallest absolute Gasteiger partial charge is 0.261 e. The Labute approximate surface area is 192 Å². The van der Waals surface area contributed by atoms with Crippen LogP contribution in [-0.4, -0.2) is 40.5 Å². The van der Waals surface area contributed by atoms with Crippen LogP contribution in [0.25, 0.3) is 0 Å². The standard InChI is InChI=1S/C27H34O4Si/c1-27(2,3)32(20-12-8-6-9-13-20,21-14-10-7-11-15-21)31-24-18-23(28)26-22(24)16-19(29-4)17-25(26)30-5/h6-15,17,22,24-26H,16,18H2,1-5H3/t22-,24+,25-,26-/m1/s1. The Balaban J connectivity index is 1.82. The van der Waals surface area contributed by atoms with Gasteiger partial charge in [-0.1, -0.05) is 81.4 Å². The van der Waals surface area contributed by atoms with Crippen molar-refractivity contribution >= 4 is 24.5 Å². The lowest BCUT2D eigenvalue weighted by Gasteiger charge is -2.46. The Morgan fingerprint density at radius 1 is 0.875 bits per heavy atom. The summed E-state index contributed by atoms with van der Waals surface area (Å²) in [5.74, 6) is 0.983. The maximum Gasteiger partial charge on any atom is 0.261 e. The lowest BCUT2D eigenvalue weighted by molar-refractivity contribution is -0.124. The van der Waals surface area contributed by atoms with E-state index in [-0.39, 0.29) is 34.9 Å². The molecule has 1 fully saturated rings. The summed E-state index contributed by atoms with van der Waals surface area (Å²) in [6.45, 7) is 6.81. The summed E-state index contributed by atoms with van der Waals surface area (Å²) in [5, 5.41) is 2.33. The van der Waals surface area contributed by atoms with Gasteiger partial charge >= 0.3 is 0 Å². The molecule has 1 saturated carbocycles. The summed E-state index contributed by atoms with van der Waals surface area (Å²) >= 11 is 0. The molecule has 5 heteroatoms. The fourth-order valence-corrected chi connectivity index (χ4v) is 10.4. The van der Waals surface area contributed by atoms with Crippen LogP contribution in [0.5, 0.6) is 0 Å². The molecule has 2 aliphatic rings. The average Bonchev–Trinajstić information content (AvgIpc) is 3.12. The number of benzene rings is 2. The number of Topliss-reactive ketones (excluding diaryl/α,β-unsaturated/α-hetero) is 1. The molecule has 0 heterocycles. The topological polar surface area (TPSA) is 44.8 Å². The van der Waals surface area contributed by atoms with E-state index in [1.807, 2.05) is 18.2 Å². The molecular formula is C27H34O4Si. The van der Waals surface area contributed by atoms with Crippen LogP contribution in [-0.2, 0) is 18.7 Å². The van der Waals surface area contributed by atoms with Gasteiger partial charge in [-0.3, -0.25) is 4.79 Å². The first-order valence-electron chi connectivity index (χ1n) is 11.4. The Hall–Kier alpha value is -2.21. The van der Waals surface area contributed by atoms with Gasteiger partial charge in [-0.15, -0.1) is 0 Å². The number of rotatable bonds is 6. The fraction of sp³-hybridized carbons (Fsp3) is 0.444. The molecule has 0 radical (unpaired) electrons. The Morgan fingerprint density at radius 2 is 1.44 bits per heavy atom. The van der Waals surface area contributed by atoms with Gasteiger partial charge in [0.2, 0.25) is 0 Å². The van der Waals surface area contributed by atoms with E-state index in [2.05, 4.69) is 69.3 Å². The summed E-state index contributed by atoms with van der Waals surface area (Å²) in [4.78, 5) is 13.2. The minimum absolute atomic E-state index is 0.0500. The lowest BCUT2D eigenvalue weighted by atomic mass is 9.81. The summed E-state index contributed by atoms with van der Waals surface area (Å²) in [6, 6.07) is 21.2. The second kappa shape index (κ2) is 8.97. The zero-order chi connectivity index (χ0) is 22.9. The number of methoxy groups -OCH3 is 2. The molecule has 0 aromatic heterocycles. The van der Waals surface area contributed by atoms with E-state index in [1.54, 1.807) is 14.2 Å². The summed E-state index contributed by atoms with van der Waals surface area (Å²) < 4.78 is 18.6. The number of ketones is 1. The van der Waals surface area contributed by atoms with Gasteiger partial charge in [0.1, 0.15) is 5.78 Å². The van der Waals surface area contributed by atoms with Crippen molar-refractivity contribution in [3.8, 4) is 0 Å². The number of fused-ring (bicyclic) bond motifs is 1. The summed E-state index contributed by atoms with van der Waals surface area (Å²) in [5.41, 5.74) is 0. The monoisotopic (exact) mass is 450 g/mol. The summed E-state index contributed by atoms with van der Waals surface area (Å²) in [6.07, 6.45) is 2.66. The summed E-state index contributed by atoms with van der Waals surface area (Å²) in [7, 11) is 0.617. The van der Waals surface area contributed by atoms with Crippen molar-refractivity contribution < 1.29 is 18.7 Å². The van der Waals surface area contributed by atoms with Gasteiger partial charge in [0.15, 0.2) is 0 Å². The van der Waals surface area contributed by atoms with Crippen LogP contribution in [0.15, 0.2) is 72.5 Å². The average molecular weight is 451 g/mol. The molecule has 170 valence electrons. The molecule has 0 amide bonds. The third-order valence-corrected chi connectivity index (χ3v) is 12.2. The molecular weight excluding hydrogens is 416 g/mol. The SMILES string of the molecule is COC1=C[C@@H](OC)[C@H]2C(=O)C[C@H](O[Si](c3ccccc3)(c3ccccc3)C(C)(C)C)[C@H]2C1. The van der Waals surface area contributed by atoms with Crippen molar-refractivity contribution in [2.75, 3.05) is 14.2 Å². The maximum atomic E-state index is 13.2. The first-order valence-corrected chi connectivity index (χ1v) is 13.3. The minimum Gasteiger partial charge on any atom is -0.501 e. The predicted octanol–water partition coefficient (Wildman–Crippen LogP) is 4.09. The number of ether oxygens (including phenoxy) is 2. The number of hydrogen-bond acceptors (Lipinski definition) is 4. The third-order valence-electron chi connectivity index (χ3n) is 7.13. The van der Waals surface area contributed by atoms with Gasteiger partial charge in [-0.05, 0) is 21.5 Å². The number of allylic oxidation sites excluding steroid dienone is 1. The molecule has 32 heavy (non-hydrogen) atoms. The van der Waals surface area contributed by atoms with Crippen LogP contribution in [0.2, 0.25) is 5.04 Å². The first-order chi connectivity index (χ1) is 15.3. The lowest BCUT2D eigenvalue weighted by Crippen LogP contribution is -2.68. The largest absolute Gasteiger partial charge is 0.501 e. The van der Waals surface area contributed by atoms with Crippen LogP contribution in [0.3, 0.4) is 0 Å². The molecule has 0 unspecified atom stereocenters. The molecule has 2 aliphatic carbocycles. The molecule has 2 aromatic rings. The second-order valence-corrected chi connectivity index (χ2v) is 14.2. The van der Waals surface area contributed by atoms with Crippen molar-refractivity contribution in [1.82, 2.24) is 0 Å². The van der Waals surface area contributed by atoms with Crippen molar-refractivity contribution in [2.45, 2.75) is 50.9 Å². The third kappa shape index (κ3) is 3.87. The number of hydrogen-bond donors (Lipinski definition) is 0. The molecule has 0 bridgehead atoms. The van der Waals surface area contributed by atoms with E-state index in [9.17, 15) is 4.79 Å². The van der Waals surface area contributed by atoms with E-state index in [1.165, 1.54) is 10.4 Å². The van der Waals surface area contributed by atoms with Crippen LogP contribution in [0.4, 0.5) is 0 Å². The van der Waals surface area contributed by atoms with Crippen LogP contribution < -0.4 is 10.4 Å². The van der Waals surface area contributed by atoms with Gasteiger partial charge in [0.25, 0.3) is 8.32 Å². The van der Waals surface area contributed by atoms with E-state index >= 15 is 0 Å². The molecule has 0 aliphatic heterocycles. The Kier molecular flexibility index (Phi) is 6.43. The van der Waals surface area contributed by atoms with Crippen LogP contribution in [0, 0.1) is 11.8 Å². The predicted molar refractivity (Wildman–Crippen MR) is 130 cm³/mol.